The largest absolute Gasteiger partial charge is 0.488 e. The standard InChI is InChI=1S/C13H17NO4/c1-16-7-4-8-18-12-9-11(5-3-6-15)10-14-13(12)17-2/h9-10,15H,4,6-8H2,1-2H3. The zero-order valence-electron chi connectivity index (χ0n) is 10.6. The van der Waals surface area contributed by atoms with Crippen molar-refractivity contribution in [2.24, 2.45) is 0 Å². The quantitative estimate of drug-likeness (QED) is 0.600. The van der Waals surface area contributed by atoms with Crippen LogP contribution in [0.3, 0.4) is 0 Å². The van der Waals surface area contributed by atoms with Crippen LogP contribution in [0.4, 0.5) is 0 Å². The van der Waals surface area contributed by atoms with Gasteiger partial charge >= 0.3 is 0 Å². The molecule has 0 saturated carbocycles. The molecule has 0 aliphatic rings. The van der Waals surface area contributed by atoms with Crippen molar-refractivity contribution in [1.82, 2.24) is 4.98 Å². The fraction of sp³-hybridized carbons (Fsp3) is 0.462. The highest BCUT2D eigenvalue weighted by atomic mass is 16.5. The molecular weight excluding hydrogens is 234 g/mol. The number of aliphatic hydroxyl groups excluding tert-OH is 1. The van der Waals surface area contributed by atoms with Gasteiger partial charge in [-0.15, -0.1) is 0 Å². The normalized spacial score (nSPS) is 9.50. The SMILES string of the molecule is COCCCOc1cc(C#CCO)cnc1OC. The highest BCUT2D eigenvalue weighted by Crippen LogP contribution is 2.24. The van der Waals surface area contributed by atoms with Crippen LogP contribution in [-0.2, 0) is 4.74 Å². The number of aliphatic hydroxyl groups is 1. The predicted molar refractivity (Wildman–Crippen MR) is 66.7 cm³/mol. The minimum absolute atomic E-state index is 0.184. The summed E-state index contributed by atoms with van der Waals surface area (Å²) in [6, 6.07) is 1.74. The minimum atomic E-state index is -0.184. The first-order valence-electron chi connectivity index (χ1n) is 5.57. The molecule has 0 aromatic carbocycles. The lowest BCUT2D eigenvalue weighted by Gasteiger charge is -2.09. The Morgan fingerprint density at radius 1 is 1.33 bits per heavy atom. The van der Waals surface area contributed by atoms with Gasteiger partial charge in [0.15, 0.2) is 5.75 Å². The first-order valence-corrected chi connectivity index (χ1v) is 5.57. The maximum atomic E-state index is 8.63. The van der Waals surface area contributed by atoms with Crippen LogP contribution in [0.1, 0.15) is 12.0 Å². The molecule has 0 amide bonds. The van der Waals surface area contributed by atoms with Crippen LogP contribution in [0.25, 0.3) is 0 Å². The summed E-state index contributed by atoms with van der Waals surface area (Å²) in [4.78, 5) is 4.09. The highest BCUT2D eigenvalue weighted by molar-refractivity contribution is 5.43. The van der Waals surface area contributed by atoms with Crippen LogP contribution in [0.2, 0.25) is 0 Å². The topological polar surface area (TPSA) is 60.8 Å². The molecule has 0 aliphatic heterocycles. The van der Waals surface area contributed by atoms with Crippen molar-refractivity contribution in [2.75, 3.05) is 34.0 Å². The number of aromatic nitrogens is 1. The van der Waals surface area contributed by atoms with Gasteiger partial charge in [-0.25, -0.2) is 4.98 Å². The molecule has 98 valence electrons. The van der Waals surface area contributed by atoms with Crippen LogP contribution in [0.15, 0.2) is 12.3 Å². The van der Waals surface area contributed by atoms with Gasteiger partial charge in [0.2, 0.25) is 0 Å². The summed E-state index contributed by atoms with van der Waals surface area (Å²) in [6.07, 6.45) is 2.36. The lowest BCUT2D eigenvalue weighted by molar-refractivity contribution is 0.170. The summed E-state index contributed by atoms with van der Waals surface area (Å²) < 4.78 is 15.6. The number of hydrogen-bond acceptors (Lipinski definition) is 5. The van der Waals surface area contributed by atoms with Crippen molar-refractivity contribution in [3.8, 4) is 23.5 Å². The first kappa shape index (κ1) is 14.3. The Kier molecular flexibility index (Phi) is 6.62. The van der Waals surface area contributed by atoms with E-state index in [0.717, 1.165) is 6.42 Å². The molecule has 1 aromatic heterocycles. The first-order chi connectivity index (χ1) is 8.81. The molecular formula is C13H17NO4. The minimum Gasteiger partial charge on any atom is -0.488 e. The molecule has 0 saturated heterocycles. The third kappa shape index (κ3) is 4.62. The van der Waals surface area contributed by atoms with E-state index in [9.17, 15) is 0 Å². The zero-order valence-corrected chi connectivity index (χ0v) is 10.6. The molecule has 0 aliphatic carbocycles. The molecule has 1 N–H and O–H groups in total. The van der Waals surface area contributed by atoms with Gasteiger partial charge in [-0.2, -0.15) is 0 Å². The van der Waals surface area contributed by atoms with E-state index in [4.69, 9.17) is 19.3 Å². The number of ether oxygens (including phenoxy) is 3. The number of hydrogen-bond donors (Lipinski definition) is 1. The van der Waals surface area contributed by atoms with E-state index < -0.39 is 0 Å². The second-order valence-corrected chi connectivity index (χ2v) is 3.39. The van der Waals surface area contributed by atoms with Crippen molar-refractivity contribution in [3.63, 3.8) is 0 Å². The molecule has 18 heavy (non-hydrogen) atoms. The van der Waals surface area contributed by atoms with Gasteiger partial charge < -0.3 is 19.3 Å². The van der Waals surface area contributed by atoms with Gasteiger partial charge in [0.25, 0.3) is 5.88 Å². The van der Waals surface area contributed by atoms with Gasteiger partial charge in [-0.1, -0.05) is 11.8 Å². The van der Waals surface area contributed by atoms with E-state index in [1.165, 1.54) is 7.11 Å². The van der Waals surface area contributed by atoms with Crippen LogP contribution in [-0.4, -0.2) is 44.1 Å². The van der Waals surface area contributed by atoms with Gasteiger partial charge in [0, 0.05) is 38.0 Å². The molecule has 5 nitrogen and oxygen atoms in total. The van der Waals surface area contributed by atoms with E-state index in [-0.39, 0.29) is 6.61 Å². The third-order valence-electron chi connectivity index (χ3n) is 2.07. The summed E-state index contributed by atoms with van der Waals surface area (Å²) in [7, 11) is 3.18. The monoisotopic (exact) mass is 251 g/mol. The summed E-state index contributed by atoms with van der Waals surface area (Å²) in [5, 5.41) is 8.63. The fourth-order valence-corrected chi connectivity index (χ4v) is 1.28. The third-order valence-corrected chi connectivity index (χ3v) is 2.07. The lowest BCUT2D eigenvalue weighted by Crippen LogP contribution is -2.03. The predicted octanol–water partition coefficient (Wildman–Crippen LogP) is 0.849. The Balaban J connectivity index is 2.72. The Hall–Kier alpha value is -1.77. The molecule has 1 rings (SSSR count). The molecule has 1 aromatic rings. The average Bonchev–Trinajstić information content (AvgIpc) is 2.41. The second-order valence-electron chi connectivity index (χ2n) is 3.39. The number of pyridine rings is 1. The molecule has 0 unspecified atom stereocenters. The molecule has 0 atom stereocenters. The Morgan fingerprint density at radius 3 is 2.83 bits per heavy atom. The maximum absolute atomic E-state index is 8.63. The van der Waals surface area contributed by atoms with Crippen LogP contribution >= 0.6 is 0 Å². The second kappa shape index (κ2) is 8.34. The van der Waals surface area contributed by atoms with Gasteiger partial charge in [-0.05, 0) is 0 Å². The fourth-order valence-electron chi connectivity index (χ4n) is 1.28. The highest BCUT2D eigenvalue weighted by Gasteiger charge is 2.06. The van der Waals surface area contributed by atoms with Crippen molar-refractivity contribution < 1.29 is 19.3 Å². The van der Waals surface area contributed by atoms with Gasteiger partial charge in [-0.3, -0.25) is 0 Å². The molecule has 0 radical (unpaired) electrons. The number of methoxy groups -OCH3 is 2. The zero-order chi connectivity index (χ0) is 13.2. The van der Waals surface area contributed by atoms with Gasteiger partial charge in [0.1, 0.15) is 6.61 Å². The summed E-state index contributed by atoms with van der Waals surface area (Å²) in [5.74, 6) is 6.28. The molecule has 0 fully saturated rings. The van der Waals surface area contributed by atoms with Crippen molar-refractivity contribution in [2.45, 2.75) is 6.42 Å². The summed E-state index contributed by atoms with van der Waals surface area (Å²) >= 11 is 0. The van der Waals surface area contributed by atoms with Crippen LogP contribution in [0.5, 0.6) is 11.6 Å². The van der Waals surface area contributed by atoms with Crippen LogP contribution < -0.4 is 9.47 Å². The van der Waals surface area contributed by atoms with Crippen LogP contribution in [0, 0.1) is 11.8 Å². The number of rotatable bonds is 6. The van der Waals surface area contributed by atoms with E-state index in [1.54, 1.807) is 19.4 Å². The lowest BCUT2D eigenvalue weighted by atomic mass is 10.3. The number of nitrogens with zero attached hydrogens (tertiary/aromatic N) is 1. The maximum Gasteiger partial charge on any atom is 0.256 e. The van der Waals surface area contributed by atoms with Crippen molar-refractivity contribution >= 4 is 0 Å². The van der Waals surface area contributed by atoms with E-state index in [2.05, 4.69) is 16.8 Å². The summed E-state index contributed by atoms with van der Waals surface area (Å²) in [5.41, 5.74) is 0.673. The average molecular weight is 251 g/mol. The molecule has 1 heterocycles. The van der Waals surface area contributed by atoms with E-state index in [1.807, 2.05) is 0 Å². The Labute approximate surface area is 107 Å². The van der Waals surface area contributed by atoms with Crippen molar-refractivity contribution in [3.05, 3.63) is 17.8 Å². The molecule has 5 heteroatoms. The summed E-state index contributed by atoms with van der Waals surface area (Å²) in [6.45, 7) is 0.971. The van der Waals surface area contributed by atoms with E-state index in [0.29, 0.717) is 30.4 Å². The molecule has 0 bridgehead atoms. The van der Waals surface area contributed by atoms with Crippen molar-refractivity contribution in [1.29, 1.82) is 0 Å². The Bertz CT molecular complexity index is 423. The Morgan fingerprint density at radius 2 is 2.17 bits per heavy atom. The molecule has 0 spiro atoms. The van der Waals surface area contributed by atoms with Gasteiger partial charge in [0.05, 0.1) is 13.7 Å². The smallest absolute Gasteiger partial charge is 0.256 e. The van der Waals surface area contributed by atoms with E-state index >= 15 is 0 Å².